The van der Waals surface area contributed by atoms with Crippen LogP contribution in [0, 0.1) is 6.92 Å². The lowest BCUT2D eigenvalue weighted by atomic mass is 10.1. The van der Waals surface area contributed by atoms with Crippen LogP contribution < -0.4 is 5.69 Å². The van der Waals surface area contributed by atoms with Crippen molar-refractivity contribution in [2.45, 2.75) is 6.92 Å². The fourth-order valence-corrected chi connectivity index (χ4v) is 2.28. The van der Waals surface area contributed by atoms with Crippen LogP contribution in [0.25, 0.3) is 11.3 Å². The Kier molecular flexibility index (Phi) is 6.20. The van der Waals surface area contributed by atoms with Crippen molar-refractivity contribution < 1.29 is 5.11 Å². The number of benzene rings is 2. The minimum atomic E-state index is -0.542. The van der Waals surface area contributed by atoms with Gasteiger partial charge < -0.3 is 5.11 Å². The van der Waals surface area contributed by atoms with Gasteiger partial charge in [-0.3, -0.25) is 0 Å². The molecule has 2 aromatic carbocycles. The minimum absolute atomic E-state index is 0.107. The zero-order valence-corrected chi connectivity index (χ0v) is 14.7. The molecule has 0 atom stereocenters. The molecule has 1 aromatic heterocycles. The molecule has 24 heavy (non-hydrogen) atoms. The topological polar surface area (TPSA) is 78.9 Å². The lowest BCUT2D eigenvalue weighted by molar-refractivity contribution is 0.476. The number of aromatic nitrogens is 3. The second kappa shape index (κ2) is 8.15. The molecule has 0 amide bonds. The van der Waals surface area contributed by atoms with E-state index in [0.717, 1.165) is 5.02 Å². The molecule has 0 unspecified atom stereocenters. The van der Waals surface area contributed by atoms with Crippen LogP contribution in [0.4, 0.5) is 0 Å². The van der Waals surface area contributed by atoms with E-state index in [4.69, 9.17) is 34.8 Å². The molecular weight excluding hydrogens is 373 g/mol. The van der Waals surface area contributed by atoms with Gasteiger partial charge in [0.15, 0.2) is 5.75 Å². The van der Waals surface area contributed by atoms with Gasteiger partial charge in [0, 0.05) is 10.6 Å². The predicted octanol–water partition coefficient (Wildman–Crippen LogP) is 4.49. The molecule has 8 heteroatoms. The van der Waals surface area contributed by atoms with Gasteiger partial charge >= 0.3 is 5.69 Å². The summed E-state index contributed by atoms with van der Waals surface area (Å²) in [5, 5.41) is 16.3. The fraction of sp³-hybridized carbons (Fsp3) is 0.0625. The van der Waals surface area contributed by atoms with Crippen LogP contribution in [0.5, 0.6) is 5.75 Å². The van der Waals surface area contributed by atoms with Gasteiger partial charge in [-0.15, -0.1) is 0 Å². The van der Waals surface area contributed by atoms with Crippen molar-refractivity contribution >= 4 is 34.8 Å². The third-order valence-corrected chi connectivity index (χ3v) is 3.73. The number of aryl methyl sites for hydroxylation is 1. The number of hydrogen-bond acceptors (Lipinski definition) is 4. The number of rotatable bonds is 1. The average molecular weight is 385 g/mol. The van der Waals surface area contributed by atoms with Crippen LogP contribution in [0.3, 0.4) is 0 Å². The zero-order chi connectivity index (χ0) is 17.7. The third-order valence-electron chi connectivity index (χ3n) is 2.90. The van der Waals surface area contributed by atoms with Crippen molar-refractivity contribution in [1.29, 1.82) is 0 Å². The van der Waals surface area contributed by atoms with Crippen LogP contribution >= 0.6 is 34.8 Å². The highest BCUT2D eigenvalue weighted by Gasteiger charge is 2.09. The number of hydrogen-bond donors (Lipinski definition) is 2. The van der Waals surface area contributed by atoms with E-state index in [1.54, 1.807) is 0 Å². The summed E-state index contributed by atoms with van der Waals surface area (Å²) in [5.41, 5.74) is 1.66. The molecule has 0 aliphatic carbocycles. The van der Waals surface area contributed by atoms with Gasteiger partial charge in [-0.2, -0.15) is 10.1 Å². The average Bonchev–Trinajstić information content (AvgIpc) is 2.56. The maximum atomic E-state index is 10.7. The Morgan fingerprint density at radius 2 is 1.62 bits per heavy atom. The van der Waals surface area contributed by atoms with Crippen LogP contribution in [0.1, 0.15) is 5.56 Å². The van der Waals surface area contributed by atoms with Crippen LogP contribution in [-0.2, 0) is 0 Å². The van der Waals surface area contributed by atoms with E-state index in [1.807, 2.05) is 31.2 Å². The molecule has 1 heterocycles. The SMILES string of the molecule is Cc1ccc(Cl)cc1.O=c1ncc(-c2cc(Cl)c(O)c(Cl)c2)n[nH]1. The highest BCUT2D eigenvalue weighted by atomic mass is 35.5. The molecule has 0 bridgehead atoms. The molecule has 2 N–H and O–H groups in total. The van der Waals surface area contributed by atoms with Crippen molar-refractivity contribution in [3.05, 3.63) is 73.7 Å². The molecule has 3 rings (SSSR count). The second-order valence-corrected chi connectivity index (χ2v) is 6.01. The van der Waals surface area contributed by atoms with Crippen molar-refractivity contribution in [2.75, 3.05) is 0 Å². The van der Waals surface area contributed by atoms with Crippen LogP contribution in [0.15, 0.2) is 47.4 Å². The van der Waals surface area contributed by atoms with Gasteiger partial charge in [-0.1, -0.05) is 52.5 Å². The lowest BCUT2D eigenvalue weighted by Crippen LogP contribution is -2.11. The number of aromatic hydroxyl groups is 1. The predicted molar refractivity (Wildman–Crippen MR) is 96.0 cm³/mol. The Bertz CT molecular complexity index is 831. The van der Waals surface area contributed by atoms with Crippen LogP contribution in [0.2, 0.25) is 15.1 Å². The molecule has 3 aromatic rings. The van der Waals surface area contributed by atoms with Crippen molar-refractivity contribution in [2.24, 2.45) is 0 Å². The maximum absolute atomic E-state index is 10.7. The smallest absolute Gasteiger partial charge is 0.361 e. The summed E-state index contributed by atoms with van der Waals surface area (Å²) in [5.74, 6) is -0.190. The third kappa shape index (κ3) is 4.96. The quantitative estimate of drug-likeness (QED) is 0.648. The standard InChI is InChI=1S/C9H5Cl2N3O2.C7H7Cl/c10-5-1-4(2-6(11)8(5)15)7-3-12-9(16)14-13-7;1-6-2-4-7(8)5-3-6/h1-3,15H,(H,12,14,16);2-5H,1H3. The van der Waals surface area contributed by atoms with Crippen molar-refractivity contribution in [3.8, 4) is 17.0 Å². The number of aromatic amines is 1. The first kappa shape index (κ1) is 18.3. The van der Waals surface area contributed by atoms with E-state index in [-0.39, 0.29) is 15.8 Å². The Labute approximate surface area is 152 Å². The molecule has 5 nitrogen and oxygen atoms in total. The number of phenolic OH excluding ortho intramolecular Hbond substituents is 1. The molecule has 0 spiro atoms. The molecule has 0 aliphatic rings. The molecule has 0 radical (unpaired) electrons. The summed E-state index contributed by atoms with van der Waals surface area (Å²) in [6.45, 7) is 2.04. The van der Waals surface area contributed by atoms with E-state index in [0.29, 0.717) is 11.3 Å². The molecule has 0 saturated carbocycles. The zero-order valence-electron chi connectivity index (χ0n) is 12.4. The highest BCUT2D eigenvalue weighted by molar-refractivity contribution is 6.37. The number of nitrogens with one attached hydrogen (secondary N) is 1. The summed E-state index contributed by atoms with van der Waals surface area (Å²) in [6.07, 6.45) is 1.29. The summed E-state index contributed by atoms with van der Waals surface area (Å²) in [7, 11) is 0. The summed E-state index contributed by atoms with van der Waals surface area (Å²) in [4.78, 5) is 14.2. The first-order valence-electron chi connectivity index (χ1n) is 6.69. The van der Waals surface area contributed by atoms with Crippen LogP contribution in [-0.4, -0.2) is 20.3 Å². The van der Waals surface area contributed by atoms with Crippen molar-refractivity contribution in [1.82, 2.24) is 15.2 Å². The molecule has 0 aliphatic heterocycles. The summed E-state index contributed by atoms with van der Waals surface area (Å²) < 4.78 is 0. The van der Waals surface area contributed by atoms with Gasteiger partial charge in [0.25, 0.3) is 0 Å². The first-order chi connectivity index (χ1) is 11.4. The molecule has 0 saturated heterocycles. The summed E-state index contributed by atoms with van der Waals surface area (Å²) >= 11 is 17.1. The van der Waals surface area contributed by atoms with Gasteiger partial charge in [0.05, 0.1) is 16.2 Å². The fourth-order valence-electron chi connectivity index (χ4n) is 1.67. The van der Waals surface area contributed by atoms with Gasteiger partial charge in [0.2, 0.25) is 0 Å². The van der Waals surface area contributed by atoms with E-state index < -0.39 is 5.69 Å². The highest BCUT2D eigenvalue weighted by Crippen LogP contribution is 2.35. The number of halogens is 3. The van der Waals surface area contributed by atoms with E-state index >= 15 is 0 Å². The molecule has 124 valence electrons. The normalized spacial score (nSPS) is 10.0. The Morgan fingerprint density at radius 1 is 1.04 bits per heavy atom. The van der Waals surface area contributed by atoms with E-state index in [2.05, 4.69) is 15.2 Å². The first-order valence-corrected chi connectivity index (χ1v) is 7.82. The second-order valence-electron chi connectivity index (χ2n) is 4.76. The Morgan fingerprint density at radius 3 is 2.08 bits per heavy atom. The Hall–Kier alpha value is -2.08. The number of H-pyrrole nitrogens is 1. The van der Waals surface area contributed by atoms with Crippen molar-refractivity contribution in [3.63, 3.8) is 0 Å². The van der Waals surface area contributed by atoms with E-state index in [1.165, 1.54) is 23.9 Å². The lowest BCUT2D eigenvalue weighted by Gasteiger charge is -2.03. The molecular formula is C16H12Cl3N3O2. The number of phenols is 1. The Balaban J connectivity index is 0.000000219. The monoisotopic (exact) mass is 383 g/mol. The van der Waals surface area contributed by atoms with Gasteiger partial charge in [0.1, 0.15) is 5.69 Å². The van der Waals surface area contributed by atoms with Gasteiger partial charge in [-0.25, -0.2) is 9.89 Å². The van der Waals surface area contributed by atoms with E-state index in [9.17, 15) is 9.90 Å². The maximum Gasteiger partial charge on any atom is 0.361 e. The number of nitrogens with zero attached hydrogens (tertiary/aromatic N) is 2. The summed E-state index contributed by atoms with van der Waals surface area (Å²) in [6, 6.07) is 10.7. The molecule has 0 fully saturated rings. The van der Waals surface area contributed by atoms with Gasteiger partial charge in [-0.05, 0) is 31.2 Å². The largest absolute Gasteiger partial charge is 0.505 e. The minimum Gasteiger partial charge on any atom is -0.505 e.